The van der Waals surface area contributed by atoms with Crippen LogP contribution in [0, 0.1) is 0 Å². The molecule has 0 aromatic heterocycles. The smallest absolute Gasteiger partial charge is 0.176 e. The fourth-order valence-corrected chi connectivity index (χ4v) is 3.71. The van der Waals surface area contributed by atoms with Crippen LogP contribution in [0.3, 0.4) is 0 Å². The van der Waals surface area contributed by atoms with Crippen molar-refractivity contribution in [2.75, 3.05) is 39.3 Å². The number of hydrogen-bond acceptors (Lipinski definition) is 4. The summed E-state index contributed by atoms with van der Waals surface area (Å²) in [6.45, 7) is 9.14. The Kier molecular flexibility index (Phi) is 11.7. The van der Waals surface area contributed by atoms with Gasteiger partial charge in [-0.3, -0.25) is 9.69 Å². The molecule has 156 valence electrons. The van der Waals surface area contributed by atoms with Crippen molar-refractivity contribution in [3.63, 3.8) is 0 Å². The minimum absolute atomic E-state index is 0.200. The van der Waals surface area contributed by atoms with Crippen molar-refractivity contribution in [3.05, 3.63) is 47.0 Å². The van der Waals surface area contributed by atoms with Gasteiger partial charge in [-0.15, -0.1) is 6.58 Å². The monoisotopic (exact) mass is 450 g/mol. The van der Waals surface area contributed by atoms with Crippen LogP contribution < -0.4 is 5.32 Å². The molecule has 0 aliphatic carbocycles. The Balaban J connectivity index is 1.48. The standard InChI is InChI=1S/C23H35BrN2O2/c1-2-3-14-25-15-6-4-5-7-18-28-22-12-16-26(17-13-22)19-23(27)20-8-10-21(24)11-9-20/h2,8-11,22,25H,1,3-7,12-19H2. The molecule has 1 aromatic carbocycles. The molecule has 0 amide bonds. The van der Waals surface area contributed by atoms with E-state index in [4.69, 9.17) is 4.74 Å². The van der Waals surface area contributed by atoms with Crippen molar-refractivity contribution in [3.8, 4) is 0 Å². The van der Waals surface area contributed by atoms with Crippen LogP contribution in [0.2, 0.25) is 0 Å². The molecule has 1 N–H and O–H groups in total. The third-order valence-electron chi connectivity index (χ3n) is 5.19. The summed E-state index contributed by atoms with van der Waals surface area (Å²) in [4.78, 5) is 14.6. The predicted octanol–water partition coefficient (Wildman–Crippen LogP) is 4.84. The number of ketones is 1. The van der Waals surface area contributed by atoms with Crippen molar-refractivity contribution in [1.29, 1.82) is 0 Å². The lowest BCUT2D eigenvalue weighted by Crippen LogP contribution is -2.40. The lowest BCUT2D eigenvalue weighted by atomic mass is 10.1. The van der Waals surface area contributed by atoms with Crippen LogP contribution in [0.1, 0.15) is 55.3 Å². The molecule has 1 aliphatic heterocycles. The van der Waals surface area contributed by atoms with E-state index in [1.165, 1.54) is 19.3 Å². The molecule has 4 nitrogen and oxygen atoms in total. The van der Waals surface area contributed by atoms with Crippen molar-refractivity contribution in [2.45, 2.75) is 51.0 Å². The minimum atomic E-state index is 0.200. The Morgan fingerprint density at radius 1 is 1.14 bits per heavy atom. The molecule has 0 bridgehead atoms. The summed E-state index contributed by atoms with van der Waals surface area (Å²) >= 11 is 3.41. The second-order valence-corrected chi connectivity index (χ2v) is 8.43. The number of likely N-dealkylation sites (tertiary alicyclic amines) is 1. The van der Waals surface area contributed by atoms with Gasteiger partial charge < -0.3 is 10.1 Å². The molecular weight excluding hydrogens is 416 g/mol. The highest BCUT2D eigenvalue weighted by atomic mass is 79.9. The van der Waals surface area contributed by atoms with Gasteiger partial charge >= 0.3 is 0 Å². The molecule has 0 saturated carbocycles. The summed E-state index contributed by atoms with van der Waals surface area (Å²) < 4.78 is 7.05. The topological polar surface area (TPSA) is 41.6 Å². The number of nitrogens with one attached hydrogen (secondary N) is 1. The average Bonchev–Trinajstić information content (AvgIpc) is 2.71. The van der Waals surface area contributed by atoms with E-state index in [1.807, 2.05) is 30.3 Å². The summed E-state index contributed by atoms with van der Waals surface area (Å²) in [6, 6.07) is 7.62. The van der Waals surface area contributed by atoms with E-state index in [0.29, 0.717) is 12.6 Å². The SMILES string of the molecule is C=CCCNCCCCCCOC1CCN(CC(=O)c2ccc(Br)cc2)CC1. The summed E-state index contributed by atoms with van der Waals surface area (Å²) in [5, 5.41) is 3.43. The third-order valence-corrected chi connectivity index (χ3v) is 5.72. The Bertz CT molecular complexity index is 568. The molecule has 1 aromatic rings. The van der Waals surface area contributed by atoms with Crippen LogP contribution in [-0.2, 0) is 4.74 Å². The number of carbonyl (C=O) groups excluding carboxylic acids is 1. The van der Waals surface area contributed by atoms with Gasteiger partial charge in [0.15, 0.2) is 5.78 Å². The molecule has 1 saturated heterocycles. The Hall–Kier alpha value is -1.01. The number of ether oxygens (including phenoxy) is 1. The van der Waals surface area contributed by atoms with E-state index in [-0.39, 0.29) is 5.78 Å². The van der Waals surface area contributed by atoms with E-state index in [9.17, 15) is 4.79 Å². The maximum atomic E-state index is 12.4. The van der Waals surface area contributed by atoms with E-state index in [1.54, 1.807) is 0 Å². The van der Waals surface area contributed by atoms with Gasteiger partial charge in [0.1, 0.15) is 0 Å². The van der Waals surface area contributed by atoms with Crippen LogP contribution >= 0.6 is 15.9 Å². The number of nitrogens with zero attached hydrogens (tertiary/aromatic N) is 1. The van der Waals surface area contributed by atoms with E-state index in [2.05, 4.69) is 32.7 Å². The normalized spacial score (nSPS) is 15.6. The van der Waals surface area contributed by atoms with Crippen LogP contribution in [0.25, 0.3) is 0 Å². The van der Waals surface area contributed by atoms with Crippen molar-refractivity contribution >= 4 is 21.7 Å². The minimum Gasteiger partial charge on any atom is -0.378 e. The van der Waals surface area contributed by atoms with Gasteiger partial charge in [0.2, 0.25) is 0 Å². The van der Waals surface area contributed by atoms with Gasteiger partial charge in [0, 0.05) is 29.7 Å². The fraction of sp³-hybridized carbons (Fsp3) is 0.609. The van der Waals surface area contributed by atoms with Crippen LogP contribution in [0.4, 0.5) is 0 Å². The largest absolute Gasteiger partial charge is 0.378 e. The first kappa shape index (κ1) is 23.3. The Morgan fingerprint density at radius 2 is 1.86 bits per heavy atom. The number of carbonyl (C=O) groups is 1. The lowest BCUT2D eigenvalue weighted by Gasteiger charge is -2.31. The molecule has 0 atom stereocenters. The van der Waals surface area contributed by atoms with E-state index >= 15 is 0 Å². The van der Waals surface area contributed by atoms with Gasteiger partial charge in [-0.25, -0.2) is 0 Å². The second kappa shape index (κ2) is 14.0. The number of Topliss-reactive ketones (excluding diaryl/α,β-unsaturated/α-hetero) is 1. The third kappa shape index (κ3) is 9.46. The molecular formula is C23H35BrN2O2. The van der Waals surface area contributed by atoms with Gasteiger partial charge in [-0.2, -0.15) is 0 Å². The molecule has 0 radical (unpaired) electrons. The van der Waals surface area contributed by atoms with Gasteiger partial charge in [0.25, 0.3) is 0 Å². The summed E-state index contributed by atoms with van der Waals surface area (Å²) in [7, 11) is 0. The number of rotatable bonds is 14. The first-order chi connectivity index (χ1) is 13.7. The zero-order valence-corrected chi connectivity index (χ0v) is 18.6. The quantitative estimate of drug-likeness (QED) is 0.250. The summed E-state index contributed by atoms with van der Waals surface area (Å²) in [5.74, 6) is 0.200. The Morgan fingerprint density at radius 3 is 2.57 bits per heavy atom. The van der Waals surface area contributed by atoms with Crippen molar-refractivity contribution in [2.24, 2.45) is 0 Å². The number of halogens is 1. The average molecular weight is 451 g/mol. The zero-order valence-electron chi connectivity index (χ0n) is 17.0. The molecule has 28 heavy (non-hydrogen) atoms. The van der Waals surface area contributed by atoms with Gasteiger partial charge in [-0.1, -0.05) is 47.0 Å². The molecule has 1 fully saturated rings. The van der Waals surface area contributed by atoms with Gasteiger partial charge in [-0.05, 0) is 57.3 Å². The van der Waals surface area contributed by atoms with Crippen molar-refractivity contribution < 1.29 is 9.53 Å². The number of piperidine rings is 1. The molecule has 0 spiro atoms. The highest BCUT2D eigenvalue weighted by Gasteiger charge is 2.21. The second-order valence-electron chi connectivity index (χ2n) is 7.52. The zero-order chi connectivity index (χ0) is 20.0. The Labute approximate surface area is 178 Å². The van der Waals surface area contributed by atoms with Crippen LogP contribution in [0.15, 0.2) is 41.4 Å². The van der Waals surface area contributed by atoms with Crippen molar-refractivity contribution in [1.82, 2.24) is 10.2 Å². The predicted molar refractivity (Wildman–Crippen MR) is 120 cm³/mol. The van der Waals surface area contributed by atoms with Gasteiger partial charge in [0.05, 0.1) is 12.6 Å². The molecule has 2 rings (SSSR count). The molecule has 0 unspecified atom stereocenters. The fourth-order valence-electron chi connectivity index (χ4n) is 3.45. The molecule has 1 heterocycles. The first-order valence-electron chi connectivity index (χ1n) is 10.6. The van der Waals surface area contributed by atoms with E-state index in [0.717, 1.165) is 68.5 Å². The van der Waals surface area contributed by atoms with E-state index < -0.39 is 0 Å². The first-order valence-corrected chi connectivity index (χ1v) is 11.4. The maximum Gasteiger partial charge on any atom is 0.176 e. The van der Waals surface area contributed by atoms with Crippen LogP contribution in [0.5, 0.6) is 0 Å². The highest BCUT2D eigenvalue weighted by molar-refractivity contribution is 9.10. The highest BCUT2D eigenvalue weighted by Crippen LogP contribution is 2.16. The number of benzene rings is 1. The molecule has 5 heteroatoms. The number of hydrogen-bond donors (Lipinski definition) is 1. The number of unbranched alkanes of at least 4 members (excludes halogenated alkanes) is 3. The van der Waals surface area contributed by atoms with Crippen LogP contribution in [-0.4, -0.2) is 56.1 Å². The summed E-state index contributed by atoms with van der Waals surface area (Å²) in [6.07, 6.45) is 10.3. The lowest BCUT2D eigenvalue weighted by molar-refractivity contribution is 0.00652. The molecule has 1 aliphatic rings. The maximum absolute atomic E-state index is 12.4. The summed E-state index contributed by atoms with van der Waals surface area (Å²) in [5.41, 5.74) is 0.789.